The normalized spacial score (nSPS) is 19.1. The number of imidazole rings is 1. The number of rotatable bonds is 4. The van der Waals surface area contributed by atoms with E-state index in [-0.39, 0.29) is 18.1 Å². The highest BCUT2D eigenvalue weighted by atomic mass is 35.5. The highest BCUT2D eigenvalue weighted by molar-refractivity contribution is 6.30. The summed E-state index contributed by atoms with van der Waals surface area (Å²) in [6, 6.07) is 7.10. The summed E-state index contributed by atoms with van der Waals surface area (Å²) in [5, 5.41) is 3.71. The van der Waals surface area contributed by atoms with Gasteiger partial charge in [-0.25, -0.2) is 4.98 Å². The molecular formula is C16H18ClN3O2. The van der Waals surface area contributed by atoms with Gasteiger partial charge in [0, 0.05) is 31.1 Å². The smallest absolute Gasteiger partial charge is 0.249 e. The Morgan fingerprint density at radius 2 is 2.23 bits per heavy atom. The lowest BCUT2D eigenvalue weighted by molar-refractivity contribution is -0.130. The first-order valence-electron chi connectivity index (χ1n) is 7.30. The maximum Gasteiger partial charge on any atom is 0.249 e. The minimum Gasteiger partial charge on any atom is -0.368 e. The third kappa shape index (κ3) is 3.15. The summed E-state index contributed by atoms with van der Waals surface area (Å²) in [7, 11) is 1.91. The standard InChI is InChI=1S/C16H18ClN3O2/c1-20-9-8-18-15(20)14(11-4-6-12(17)7-5-11)19-16(21)13-3-2-10-22-13/h4-9,13-14H,2-3,10H2,1H3,(H,19,21)/t13-,14-/m1/s1. The van der Waals surface area contributed by atoms with Gasteiger partial charge in [0.25, 0.3) is 0 Å². The van der Waals surface area contributed by atoms with Crippen molar-refractivity contribution in [3.8, 4) is 0 Å². The molecule has 2 aromatic rings. The zero-order valence-corrected chi connectivity index (χ0v) is 13.1. The molecule has 1 amide bonds. The molecule has 0 unspecified atom stereocenters. The number of nitrogens with one attached hydrogen (secondary N) is 1. The Morgan fingerprint density at radius 3 is 2.82 bits per heavy atom. The maximum absolute atomic E-state index is 12.4. The number of aryl methyl sites for hydroxylation is 1. The zero-order chi connectivity index (χ0) is 15.5. The fraction of sp³-hybridized carbons (Fsp3) is 0.375. The number of nitrogens with zero attached hydrogens (tertiary/aromatic N) is 2. The number of aromatic nitrogens is 2. The van der Waals surface area contributed by atoms with Gasteiger partial charge >= 0.3 is 0 Å². The third-order valence-corrected chi connectivity index (χ3v) is 4.08. The van der Waals surface area contributed by atoms with Crippen molar-refractivity contribution < 1.29 is 9.53 Å². The summed E-state index contributed by atoms with van der Waals surface area (Å²) in [5.41, 5.74) is 0.935. The van der Waals surface area contributed by atoms with Gasteiger partial charge in [0.1, 0.15) is 18.0 Å². The van der Waals surface area contributed by atoms with Crippen molar-refractivity contribution in [3.63, 3.8) is 0 Å². The van der Waals surface area contributed by atoms with E-state index < -0.39 is 0 Å². The second-order valence-corrected chi connectivity index (χ2v) is 5.83. The molecule has 0 aliphatic carbocycles. The largest absolute Gasteiger partial charge is 0.368 e. The maximum atomic E-state index is 12.4. The minimum absolute atomic E-state index is 0.0968. The molecule has 3 rings (SSSR count). The molecule has 0 bridgehead atoms. The van der Waals surface area contributed by atoms with E-state index >= 15 is 0 Å². The molecule has 1 saturated heterocycles. The number of carbonyl (C=O) groups is 1. The van der Waals surface area contributed by atoms with Crippen LogP contribution in [0.5, 0.6) is 0 Å². The molecule has 1 aromatic carbocycles. The van der Waals surface area contributed by atoms with Gasteiger partial charge in [0.15, 0.2) is 0 Å². The first-order chi connectivity index (χ1) is 10.6. The van der Waals surface area contributed by atoms with Gasteiger partial charge in [-0.2, -0.15) is 0 Å². The molecule has 2 atom stereocenters. The molecule has 116 valence electrons. The van der Waals surface area contributed by atoms with Crippen LogP contribution >= 0.6 is 11.6 Å². The van der Waals surface area contributed by atoms with Gasteiger partial charge in [0.05, 0.1) is 0 Å². The van der Waals surface area contributed by atoms with Gasteiger partial charge in [-0.1, -0.05) is 23.7 Å². The van der Waals surface area contributed by atoms with Gasteiger partial charge in [-0.05, 0) is 30.5 Å². The average molecular weight is 320 g/mol. The lowest BCUT2D eigenvalue weighted by Crippen LogP contribution is -2.38. The molecule has 1 aliphatic rings. The van der Waals surface area contributed by atoms with Crippen LogP contribution in [0.25, 0.3) is 0 Å². The van der Waals surface area contributed by atoms with Gasteiger partial charge in [-0.15, -0.1) is 0 Å². The van der Waals surface area contributed by atoms with Gasteiger partial charge in [-0.3, -0.25) is 4.79 Å². The summed E-state index contributed by atoms with van der Waals surface area (Å²) in [5.74, 6) is 0.675. The topological polar surface area (TPSA) is 56.2 Å². The molecular weight excluding hydrogens is 302 g/mol. The lowest BCUT2D eigenvalue weighted by Gasteiger charge is -2.21. The van der Waals surface area contributed by atoms with Crippen LogP contribution < -0.4 is 5.32 Å². The molecule has 1 N–H and O–H groups in total. The second-order valence-electron chi connectivity index (χ2n) is 5.39. The Bertz CT molecular complexity index is 648. The molecule has 0 radical (unpaired) electrons. The Kier molecular flexibility index (Phi) is 4.45. The number of benzene rings is 1. The number of halogens is 1. The Balaban J connectivity index is 1.87. The van der Waals surface area contributed by atoms with Crippen LogP contribution in [-0.2, 0) is 16.6 Å². The molecule has 1 fully saturated rings. The first-order valence-corrected chi connectivity index (χ1v) is 7.67. The number of hydrogen-bond acceptors (Lipinski definition) is 3. The predicted molar refractivity (Wildman–Crippen MR) is 83.6 cm³/mol. The van der Waals surface area contributed by atoms with E-state index in [9.17, 15) is 4.79 Å². The lowest BCUT2D eigenvalue weighted by atomic mass is 10.1. The van der Waals surface area contributed by atoms with E-state index in [1.165, 1.54) is 0 Å². The number of amides is 1. The van der Waals surface area contributed by atoms with Crippen molar-refractivity contribution in [2.45, 2.75) is 25.0 Å². The third-order valence-electron chi connectivity index (χ3n) is 3.83. The Labute approximate surface area is 134 Å². The van der Waals surface area contributed by atoms with Crippen LogP contribution in [0.15, 0.2) is 36.7 Å². The molecule has 1 aliphatic heterocycles. The summed E-state index contributed by atoms with van der Waals surface area (Å²) in [6.45, 7) is 0.645. The quantitative estimate of drug-likeness (QED) is 0.942. The highest BCUT2D eigenvalue weighted by Crippen LogP contribution is 2.23. The summed E-state index contributed by atoms with van der Waals surface area (Å²) >= 11 is 5.95. The highest BCUT2D eigenvalue weighted by Gasteiger charge is 2.28. The summed E-state index contributed by atoms with van der Waals surface area (Å²) < 4.78 is 7.36. The van der Waals surface area contributed by atoms with Crippen LogP contribution in [0.2, 0.25) is 5.02 Å². The fourth-order valence-corrected chi connectivity index (χ4v) is 2.75. The van der Waals surface area contributed by atoms with E-state index in [1.54, 1.807) is 6.20 Å². The number of ether oxygens (including phenoxy) is 1. The Morgan fingerprint density at radius 1 is 1.45 bits per heavy atom. The summed E-state index contributed by atoms with van der Waals surface area (Å²) in [4.78, 5) is 16.8. The SMILES string of the molecule is Cn1ccnc1[C@H](NC(=O)[C@H]1CCCO1)c1ccc(Cl)cc1. The van der Waals surface area contributed by atoms with E-state index in [0.717, 1.165) is 24.2 Å². The fourth-order valence-electron chi connectivity index (χ4n) is 2.63. The minimum atomic E-state index is -0.366. The Hall–Kier alpha value is -1.85. The van der Waals surface area contributed by atoms with Crippen LogP contribution in [-0.4, -0.2) is 28.2 Å². The van der Waals surface area contributed by atoms with E-state index in [4.69, 9.17) is 16.3 Å². The van der Waals surface area contributed by atoms with Crippen molar-refractivity contribution in [2.75, 3.05) is 6.61 Å². The molecule has 2 heterocycles. The number of hydrogen-bond donors (Lipinski definition) is 1. The molecule has 22 heavy (non-hydrogen) atoms. The zero-order valence-electron chi connectivity index (χ0n) is 12.3. The van der Waals surface area contributed by atoms with Crippen molar-refractivity contribution in [3.05, 3.63) is 53.1 Å². The van der Waals surface area contributed by atoms with Crippen molar-refractivity contribution in [1.29, 1.82) is 0 Å². The molecule has 6 heteroatoms. The van der Waals surface area contributed by atoms with Crippen molar-refractivity contribution in [2.24, 2.45) is 7.05 Å². The average Bonchev–Trinajstić information content (AvgIpc) is 3.17. The molecule has 0 spiro atoms. The predicted octanol–water partition coefficient (Wildman–Crippen LogP) is 2.46. The van der Waals surface area contributed by atoms with Gasteiger partial charge in [0.2, 0.25) is 5.91 Å². The van der Waals surface area contributed by atoms with Crippen LogP contribution in [0.3, 0.4) is 0 Å². The molecule has 0 saturated carbocycles. The van der Waals surface area contributed by atoms with Crippen LogP contribution in [0.4, 0.5) is 0 Å². The van der Waals surface area contributed by atoms with E-state index in [2.05, 4.69) is 10.3 Å². The van der Waals surface area contributed by atoms with Crippen molar-refractivity contribution >= 4 is 17.5 Å². The van der Waals surface area contributed by atoms with Crippen LogP contribution in [0.1, 0.15) is 30.3 Å². The molecule has 1 aromatic heterocycles. The number of carbonyl (C=O) groups excluding carboxylic acids is 1. The first kappa shape index (κ1) is 15.1. The monoisotopic (exact) mass is 319 g/mol. The van der Waals surface area contributed by atoms with E-state index in [0.29, 0.717) is 11.6 Å². The molecule has 5 nitrogen and oxygen atoms in total. The summed E-state index contributed by atoms with van der Waals surface area (Å²) in [6.07, 6.45) is 4.90. The van der Waals surface area contributed by atoms with E-state index in [1.807, 2.05) is 42.1 Å². The van der Waals surface area contributed by atoms with Gasteiger partial charge < -0.3 is 14.6 Å². The van der Waals surface area contributed by atoms with Crippen molar-refractivity contribution in [1.82, 2.24) is 14.9 Å². The second kappa shape index (κ2) is 6.50. The van der Waals surface area contributed by atoms with Crippen LogP contribution in [0, 0.1) is 0 Å².